The maximum atomic E-state index is 5.90. The Hall–Kier alpha value is -1.55. The molecule has 3 rings (SSSR count). The van der Waals surface area contributed by atoms with Crippen LogP contribution in [0.25, 0.3) is 11.1 Å². The van der Waals surface area contributed by atoms with E-state index in [1.54, 1.807) is 0 Å². The zero-order valence-corrected chi connectivity index (χ0v) is 11.2. The Kier molecular flexibility index (Phi) is 3.69. The lowest BCUT2D eigenvalue weighted by Crippen LogP contribution is -2.40. The number of oxazole rings is 1. The van der Waals surface area contributed by atoms with E-state index < -0.39 is 0 Å². The van der Waals surface area contributed by atoms with Crippen LogP contribution >= 0.6 is 0 Å². The topological polar surface area (TPSA) is 55.3 Å². The van der Waals surface area contributed by atoms with Gasteiger partial charge in [0.1, 0.15) is 5.52 Å². The van der Waals surface area contributed by atoms with Gasteiger partial charge < -0.3 is 15.1 Å². The SMILES string of the molecule is NCCN(c1nc2ccccc2o1)C1CCCCC1. The van der Waals surface area contributed by atoms with Gasteiger partial charge in [0.25, 0.3) is 6.01 Å². The largest absolute Gasteiger partial charge is 0.423 e. The van der Waals surface area contributed by atoms with Crippen LogP contribution in [0.2, 0.25) is 0 Å². The Balaban J connectivity index is 1.89. The third kappa shape index (κ3) is 2.59. The van der Waals surface area contributed by atoms with Gasteiger partial charge >= 0.3 is 0 Å². The predicted octanol–water partition coefficient (Wildman–Crippen LogP) is 2.93. The molecule has 0 unspecified atom stereocenters. The molecule has 1 aromatic carbocycles. The van der Waals surface area contributed by atoms with Crippen molar-refractivity contribution in [2.75, 3.05) is 18.0 Å². The fourth-order valence-electron chi connectivity index (χ4n) is 2.95. The molecule has 0 amide bonds. The highest BCUT2D eigenvalue weighted by Crippen LogP contribution is 2.28. The first-order valence-electron chi connectivity index (χ1n) is 7.21. The van der Waals surface area contributed by atoms with E-state index in [1.165, 1.54) is 32.1 Å². The van der Waals surface area contributed by atoms with Crippen molar-refractivity contribution in [3.05, 3.63) is 24.3 Å². The van der Waals surface area contributed by atoms with Crippen molar-refractivity contribution in [2.24, 2.45) is 5.73 Å². The Morgan fingerprint density at radius 1 is 1.21 bits per heavy atom. The van der Waals surface area contributed by atoms with E-state index in [9.17, 15) is 0 Å². The molecular formula is C15H21N3O. The van der Waals surface area contributed by atoms with Gasteiger partial charge in [0.15, 0.2) is 5.58 Å². The number of hydrogen-bond donors (Lipinski definition) is 1. The summed E-state index contributed by atoms with van der Waals surface area (Å²) in [7, 11) is 0. The predicted molar refractivity (Wildman–Crippen MR) is 77.3 cm³/mol. The first-order valence-corrected chi connectivity index (χ1v) is 7.21. The van der Waals surface area contributed by atoms with E-state index in [-0.39, 0.29) is 0 Å². The first kappa shape index (κ1) is 12.5. The molecule has 4 nitrogen and oxygen atoms in total. The van der Waals surface area contributed by atoms with Crippen LogP contribution in [0, 0.1) is 0 Å². The lowest BCUT2D eigenvalue weighted by Gasteiger charge is -2.32. The van der Waals surface area contributed by atoms with E-state index in [0.29, 0.717) is 12.6 Å². The van der Waals surface area contributed by atoms with Crippen LogP contribution in [0.4, 0.5) is 6.01 Å². The maximum absolute atomic E-state index is 5.90. The van der Waals surface area contributed by atoms with Gasteiger partial charge in [-0.2, -0.15) is 4.98 Å². The lowest BCUT2D eigenvalue weighted by molar-refractivity contribution is 0.396. The fourth-order valence-corrected chi connectivity index (χ4v) is 2.95. The standard InChI is InChI=1S/C15H21N3O/c16-10-11-18(12-6-2-1-3-7-12)15-17-13-8-4-5-9-14(13)19-15/h4-5,8-9,12H,1-3,6-7,10-11,16H2. The van der Waals surface area contributed by atoms with Crippen molar-refractivity contribution in [1.29, 1.82) is 0 Å². The zero-order valence-electron chi connectivity index (χ0n) is 11.2. The van der Waals surface area contributed by atoms with E-state index in [4.69, 9.17) is 10.2 Å². The number of rotatable bonds is 4. The number of fused-ring (bicyclic) bond motifs is 1. The highest BCUT2D eigenvalue weighted by atomic mass is 16.4. The van der Waals surface area contributed by atoms with Gasteiger partial charge in [0, 0.05) is 19.1 Å². The molecule has 0 aliphatic heterocycles. The van der Waals surface area contributed by atoms with E-state index >= 15 is 0 Å². The smallest absolute Gasteiger partial charge is 0.298 e. The minimum absolute atomic E-state index is 0.533. The molecule has 1 aliphatic rings. The van der Waals surface area contributed by atoms with E-state index in [1.807, 2.05) is 24.3 Å². The summed E-state index contributed by atoms with van der Waals surface area (Å²) in [4.78, 5) is 6.87. The molecule has 0 saturated heterocycles. The van der Waals surface area contributed by atoms with E-state index in [2.05, 4.69) is 9.88 Å². The average Bonchev–Trinajstić information content (AvgIpc) is 2.89. The molecule has 1 heterocycles. The van der Waals surface area contributed by atoms with Crippen LogP contribution in [0.3, 0.4) is 0 Å². The molecule has 1 aliphatic carbocycles. The van der Waals surface area contributed by atoms with Crippen LogP contribution < -0.4 is 10.6 Å². The maximum Gasteiger partial charge on any atom is 0.298 e. The summed E-state index contributed by atoms with van der Waals surface area (Å²) in [6.07, 6.45) is 6.38. The van der Waals surface area contributed by atoms with Crippen LogP contribution in [-0.2, 0) is 0 Å². The molecule has 0 radical (unpaired) electrons. The molecule has 1 fully saturated rings. The van der Waals surface area contributed by atoms with Crippen LogP contribution in [0.15, 0.2) is 28.7 Å². The summed E-state index contributed by atoms with van der Waals surface area (Å²) in [5.74, 6) is 0. The minimum atomic E-state index is 0.533. The van der Waals surface area contributed by atoms with Crippen molar-refractivity contribution < 1.29 is 4.42 Å². The molecule has 102 valence electrons. The van der Waals surface area contributed by atoms with Gasteiger partial charge in [-0.25, -0.2) is 0 Å². The second-order valence-corrected chi connectivity index (χ2v) is 5.24. The number of anilines is 1. The minimum Gasteiger partial charge on any atom is -0.423 e. The van der Waals surface area contributed by atoms with Gasteiger partial charge in [-0.1, -0.05) is 31.4 Å². The fraction of sp³-hybridized carbons (Fsp3) is 0.533. The number of hydrogen-bond acceptors (Lipinski definition) is 4. The molecule has 0 spiro atoms. The molecule has 1 saturated carbocycles. The lowest BCUT2D eigenvalue weighted by atomic mass is 9.94. The van der Waals surface area contributed by atoms with Crippen molar-refractivity contribution in [3.63, 3.8) is 0 Å². The molecule has 0 bridgehead atoms. The third-order valence-electron chi connectivity index (χ3n) is 3.91. The summed E-state index contributed by atoms with van der Waals surface area (Å²) in [5.41, 5.74) is 7.54. The van der Waals surface area contributed by atoms with Crippen LogP contribution in [-0.4, -0.2) is 24.1 Å². The summed E-state index contributed by atoms with van der Waals surface area (Å²) >= 11 is 0. The van der Waals surface area contributed by atoms with Crippen molar-refractivity contribution in [1.82, 2.24) is 4.98 Å². The van der Waals surface area contributed by atoms with Gasteiger partial charge in [0.05, 0.1) is 0 Å². The van der Waals surface area contributed by atoms with Gasteiger partial charge in [0.2, 0.25) is 0 Å². The third-order valence-corrected chi connectivity index (χ3v) is 3.91. The van der Waals surface area contributed by atoms with E-state index in [0.717, 1.165) is 23.7 Å². The number of nitrogens with zero attached hydrogens (tertiary/aromatic N) is 2. The van der Waals surface area contributed by atoms with Gasteiger partial charge in [-0.15, -0.1) is 0 Å². The molecule has 2 aromatic rings. The van der Waals surface area contributed by atoms with Gasteiger partial charge in [-0.05, 0) is 25.0 Å². The number of nitrogens with two attached hydrogens (primary N) is 1. The number of para-hydroxylation sites is 2. The number of aromatic nitrogens is 1. The van der Waals surface area contributed by atoms with Crippen LogP contribution in [0.5, 0.6) is 0 Å². The Bertz CT molecular complexity index is 498. The molecule has 4 heteroatoms. The quantitative estimate of drug-likeness (QED) is 0.917. The Labute approximate surface area is 113 Å². The number of benzene rings is 1. The van der Waals surface area contributed by atoms with Crippen LogP contribution in [0.1, 0.15) is 32.1 Å². The molecule has 19 heavy (non-hydrogen) atoms. The molecular weight excluding hydrogens is 238 g/mol. The molecule has 1 aromatic heterocycles. The van der Waals surface area contributed by atoms with Crippen molar-refractivity contribution in [2.45, 2.75) is 38.1 Å². The molecule has 2 N–H and O–H groups in total. The summed E-state index contributed by atoms with van der Waals surface area (Å²) in [5, 5.41) is 0. The normalized spacial score (nSPS) is 16.9. The summed E-state index contributed by atoms with van der Waals surface area (Å²) in [6.45, 7) is 1.45. The summed E-state index contributed by atoms with van der Waals surface area (Å²) in [6, 6.07) is 9.19. The highest BCUT2D eigenvalue weighted by molar-refractivity contribution is 5.74. The Morgan fingerprint density at radius 2 is 2.00 bits per heavy atom. The monoisotopic (exact) mass is 259 g/mol. The average molecular weight is 259 g/mol. The first-order chi connectivity index (χ1) is 9.38. The van der Waals surface area contributed by atoms with Crippen molar-refractivity contribution in [3.8, 4) is 0 Å². The highest BCUT2D eigenvalue weighted by Gasteiger charge is 2.24. The zero-order chi connectivity index (χ0) is 13.1. The summed E-state index contributed by atoms with van der Waals surface area (Å²) < 4.78 is 5.90. The Morgan fingerprint density at radius 3 is 2.74 bits per heavy atom. The van der Waals surface area contributed by atoms with Gasteiger partial charge in [-0.3, -0.25) is 0 Å². The second kappa shape index (κ2) is 5.61. The second-order valence-electron chi connectivity index (χ2n) is 5.24. The molecule has 0 atom stereocenters. The van der Waals surface area contributed by atoms with Crippen molar-refractivity contribution >= 4 is 17.1 Å².